The van der Waals surface area contributed by atoms with Gasteiger partial charge in [-0.2, -0.15) is 0 Å². The first-order chi connectivity index (χ1) is 17.6. The van der Waals surface area contributed by atoms with E-state index in [2.05, 4.69) is 10.0 Å². The molecule has 0 saturated heterocycles. The summed E-state index contributed by atoms with van der Waals surface area (Å²) in [5, 5.41) is 2.19. The summed E-state index contributed by atoms with van der Waals surface area (Å²) in [5.41, 5.74) is 2.52. The minimum absolute atomic E-state index is 0.239. The van der Waals surface area contributed by atoms with E-state index in [4.69, 9.17) is 15.4 Å². The third-order valence-corrected chi connectivity index (χ3v) is 10.4. The van der Waals surface area contributed by atoms with Gasteiger partial charge in [0.25, 0.3) is 0 Å². The van der Waals surface area contributed by atoms with Gasteiger partial charge in [0.2, 0.25) is 19.1 Å². The lowest BCUT2D eigenvalue weighted by atomic mass is 10.1. The lowest BCUT2D eigenvalue weighted by Gasteiger charge is -2.13. The van der Waals surface area contributed by atoms with Gasteiger partial charge >= 0.3 is 6.09 Å². The predicted octanol–water partition coefficient (Wildman–Crippen LogP) is 5.34. The topological polar surface area (TPSA) is 119 Å². The molecule has 0 bridgehead atoms. The molecule has 0 spiro atoms. The van der Waals surface area contributed by atoms with Crippen LogP contribution in [0, 0.1) is 0 Å². The minimum atomic E-state index is -3.31. The first-order valence-electron chi connectivity index (χ1n) is 12.6. The van der Waals surface area contributed by atoms with Gasteiger partial charge in [0, 0.05) is 22.9 Å². The Balaban J connectivity index is 0.000000356. The smallest absolute Gasteiger partial charge is 0.407 e. The molecule has 0 heterocycles. The number of hydrogen-bond acceptors (Lipinski definition) is 6. The largest absolute Gasteiger partial charge is 0.445 e. The first-order valence-corrected chi connectivity index (χ1v) is 16.5. The highest BCUT2D eigenvalue weighted by molar-refractivity contribution is 8.14. The van der Waals surface area contributed by atoms with E-state index >= 15 is 0 Å². The molecule has 2 aliphatic rings. The van der Waals surface area contributed by atoms with Gasteiger partial charge in [-0.05, 0) is 55.4 Å². The van der Waals surface area contributed by atoms with Crippen LogP contribution >= 0.6 is 10.7 Å². The zero-order valence-electron chi connectivity index (χ0n) is 20.8. The Morgan fingerprint density at radius 2 is 1.38 bits per heavy atom. The van der Waals surface area contributed by atoms with Crippen molar-refractivity contribution in [2.24, 2.45) is 0 Å². The molecule has 0 unspecified atom stereocenters. The second-order valence-corrected chi connectivity index (χ2v) is 14.2. The zero-order valence-corrected chi connectivity index (χ0v) is 23.2. The van der Waals surface area contributed by atoms with Crippen molar-refractivity contribution in [2.45, 2.75) is 74.9 Å². The Morgan fingerprint density at radius 3 is 1.92 bits per heavy atom. The molecule has 2 N–H and O–H groups in total. The highest BCUT2D eigenvalue weighted by Gasteiger charge is 2.28. The average Bonchev–Trinajstić information content (AvgIpc) is 3.60. The predicted molar refractivity (Wildman–Crippen MR) is 147 cm³/mol. The number of benzene rings is 2. The molecule has 204 valence electrons. The second kappa shape index (κ2) is 14.0. The number of amides is 1. The van der Waals surface area contributed by atoms with E-state index in [1.807, 2.05) is 42.5 Å². The molecule has 1 amide bonds. The molecular weight excluding hydrogens is 536 g/mol. The fourth-order valence-corrected chi connectivity index (χ4v) is 7.45. The standard InChI is InChI=1S/C21H26N2O4S.C5H9ClO2S/c24-21(27-16-18-6-2-1-3-7-18)22-15-14-17-10-12-19(13-11-17)23-28(25,26)20-8-4-5-9-20;6-9(7,8)5-3-1-2-4-5/h1-3,6-7,10-13,20,23H,4-5,8-9,14-16H2,(H,22,24);5H,1-4H2. The van der Waals surface area contributed by atoms with Gasteiger partial charge in [-0.15, -0.1) is 0 Å². The third-order valence-electron chi connectivity index (χ3n) is 6.55. The number of nitrogens with one attached hydrogen (secondary N) is 2. The average molecular weight is 571 g/mol. The molecule has 0 atom stereocenters. The Kier molecular flexibility index (Phi) is 11.1. The van der Waals surface area contributed by atoms with Crippen molar-refractivity contribution in [3.05, 3.63) is 65.7 Å². The van der Waals surface area contributed by atoms with Crippen molar-refractivity contribution in [1.82, 2.24) is 5.32 Å². The quantitative estimate of drug-likeness (QED) is 0.393. The van der Waals surface area contributed by atoms with Crippen molar-refractivity contribution >= 4 is 41.5 Å². The van der Waals surface area contributed by atoms with Crippen molar-refractivity contribution in [1.29, 1.82) is 0 Å². The normalized spacial score (nSPS) is 16.6. The van der Waals surface area contributed by atoms with Crippen LogP contribution in [0.1, 0.15) is 62.5 Å². The number of anilines is 1. The van der Waals surface area contributed by atoms with Crippen LogP contribution in [-0.4, -0.2) is 40.0 Å². The van der Waals surface area contributed by atoms with Crippen molar-refractivity contribution in [3.63, 3.8) is 0 Å². The van der Waals surface area contributed by atoms with Gasteiger partial charge in [-0.3, -0.25) is 4.72 Å². The Labute approximate surface area is 224 Å². The van der Waals surface area contributed by atoms with E-state index in [0.29, 0.717) is 18.7 Å². The monoisotopic (exact) mass is 570 g/mol. The van der Waals surface area contributed by atoms with E-state index in [-0.39, 0.29) is 17.1 Å². The number of sulfonamides is 1. The Bertz CT molecular complexity index is 1190. The fraction of sp³-hybridized carbons (Fsp3) is 0.500. The van der Waals surface area contributed by atoms with Crippen LogP contribution in [0.15, 0.2) is 54.6 Å². The highest BCUT2D eigenvalue weighted by atomic mass is 35.7. The molecule has 2 fully saturated rings. The molecule has 8 nitrogen and oxygen atoms in total. The third kappa shape index (κ3) is 10.2. The zero-order chi connectivity index (χ0) is 26.7. The van der Waals surface area contributed by atoms with Gasteiger partial charge in [0.15, 0.2) is 0 Å². The van der Waals surface area contributed by atoms with Gasteiger partial charge in [0.05, 0.1) is 10.5 Å². The maximum atomic E-state index is 12.3. The number of alkyl carbamates (subject to hydrolysis) is 1. The highest BCUT2D eigenvalue weighted by Crippen LogP contribution is 2.27. The minimum Gasteiger partial charge on any atom is -0.445 e. The molecule has 11 heteroatoms. The number of carbonyl (C=O) groups excluding carboxylic acids is 1. The van der Waals surface area contributed by atoms with Crippen molar-refractivity contribution < 1.29 is 26.4 Å². The second-order valence-electron chi connectivity index (χ2n) is 9.37. The van der Waals surface area contributed by atoms with Crippen LogP contribution in [-0.2, 0) is 36.8 Å². The summed E-state index contributed by atoms with van der Waals surface area (Å²) >= 11 is 0. The Morgan fingerprint density at radius 1 is 0.811 bits per heavy atom. The summed E-state index contributed by atoms with van der Waals surface area (Å²) < 4.78 is 53.7. The van der Waals surface area contributed by atoms with E-state index in [9.17, 15) is 21.6 Å². The molecule has 37 heavy (non-hydrogen) atoms. The number of rotatable bonds is 9. The molecule has 2 aromatic rings. The summed E-state index contributed by atoms with van der Waals surface area (Å²) in [6, 6.07) is 16.8. The summed E-state index contributed by atoms with van der Waals surface area (Å²) in [7, 11) is -1.43. The lowest BCUT2D eigenvalue weighted by Crippen LogP contribution is -2.26. The summed E-state index contributed by atoms with van der Waals surface area (Å²) in [4.78, 5) is 11.7. The van der Waals surface area contributed by atoms with Crippen LogP contribution in [0.4, 0.5) is 10.5 Å². The molecule has 0 aliphatic heterocycles. The number of ether oxygens (including phenoxy) is 1. The van der Waals surface area contributed by atoms with E-state index in [1.54, 1.807) is 12.1 Å². The molecule has 4 rings (SSSR count). The molecule has 2 saturated carbocycles. The SMILES string of the molecule is O=C(NCCc1ccc(NS(=O)(=O)C2CCCC2)cc1)OCc1ccccc1.O=S(=O)(Cl)C1CCCC1. The fourth-order valence-electron chi connectivity index (χ4n) is 4.44. The van der Waals surface area contributed by atoms with E-state index in [1.165, 1.54) is 0 Å². The van der Waals surface area contributed by atoms with Crippen LogP contribution in [0.3, 0.4) is 0 Å². The van der Waals surface area contributed by atoms with Crippen LogP contribution in [0.2, 0.25) is 0 Å². The summed E-state index contributed by atoms with van der Waals surface area (Å²) in [5.74, 6) is 0. The van der Waals surface area contributed by atoms with Crippen LogP contribution < -0.4 is 10.0 Å². The first kappa shape index (κ1) is 29.3. The lowest BCUT2D eigenvalue weighted by molar-refractivity contribution is 0.140. The van der Waals surface area contributed by atoms with E-state index < -0.39 is 25.2 Å². The molecule has 2 aromatic carbocycles. The maximum absolute atomic E-state index is 12.3. The van der Waals surface area contributed by atoms with Crippen LogP contribution in [0.25, 0.3) is 0 Å². The summed E-state index contributed by atoms with van der Waals surface area (Å²) in [6.07, 6.45) is 7.14. The molecule has 0 radical (unpaired) electrons. The molecular formula is C26H35ClN2O6S2. The van der Waals surface area contributed by atoms with Gasteiger partial charge < -0.3 is 10.1 Å². The van der Waals surface area contributed by atoms with Crippen molar-refractivity contribution in [3.8, 4) is 0 Å². The van der Waals surface area contributed by atoms with E-state index in [0.717, 1.165) is 62.5 Å². The molecule has 2 aliphatic carbocycles. The molecule has 0 aromatic heterocycles. The van der Waals surface area contributed by atoms with Gasteiger partial charge in [-0.25, -0.2) is 21.6 Å². The Hall–Kier alpha value is -2.30. The maximum Gasteiger partial charge on any atom is 0.407 e. The van der Waals surface area contributed by atoms with Gasteiger partial charge in [-0.1, -0.05) is 68.1 Å². The van der Waals surface area contributed by atoms with Gasteiger partial charge in [0.1, 0.15) is 6.61 Å². The number of carbonyl (C=O) groups is 1. The number of halogens is 1. The summed E-state index contributed by atoms with van der Waals surface area (Å²) in [6.45, 7) is 0.684. The van der Waals surface area contributed by atoms with Crippen molar-refractivity contribution in [2.75, 3.05) is 11.3 Å². The number of hydrogen-bond donors (Lipinski definition) is 2. The van der Waals surface area contributed by atoms with Crippen LogP contribution in [0.5, 0.6) is 0 Å².